The summed E-state index contributed by atoms with van der Waals surface area (Å²) in [6.45, 7) is 4.73. The van der Waals surface area contributed by atoms with Crippen LogP contribution in [0.3, 0.4) is 0 Å². The molecule has 2 aromatic rings. The van der Waals surface area contributed by atoms with E-state index >= 15 is 0 Å². The van der Waals surface area contributed by atoms with Crippen LogP contribution in [-0.2, 0) is 33.5 Å². The van der Waals surface area contributed by atoms with Gasteiger partial charge in [0.1, 0.15) is 0 Å². The molecule has 188 valence electrons. The molecule has 2 aromatic carbocycles. The SMILES string of the molecule is O=C(COC(=O)N1CCC(N2CCOCC2)CC1)Cc1ccc(CCCCc2ccccc2)cc1. The molecule has 2 saturated heterocycles. The van der Waals surface area contributed by atoms with E-state index in [9.17, 15) is 9.59 Å². The Labute approximate surface area is 209 Å². The molecule has 2 aliphatic heterocycles. The maximum atomic E-state index is 12.4. The molecule has 0 aromatic heterocycles. The van der Waals surface area contributed by atoms with Gasteiger partial charge in [0.25, 0.3) is 0 Å². The third-order valence-corrected chi connectivity index (χ3v) is 7.09. The van der Waals surface area contributed by atoms with Gasteiger partial charge >= 0.3 is 6.09 Å². The fourth-order valence-corrected chi connectivity index (χ4v) is 5.00. The lowest BCUT2D eigenvalue weighted by Crippen LogP contribution is -2.50. The van der Waals surface area contributed by atoms with Gasteiger partial charge in [-0.1, -0.05) is 54.6 Å². The minimum atomic E-state index is -0.371. The average Bonchev–Trinajstić information content (AvgIpc) is 2.92. The first-order chi connectivity index (χ1) is 17.2. The predicted molar refractivity (Wildman–Crippen MR) is 137 cm³/mol. The normalized spacial score (nSPS) is 17.3. The molecule has 0 N–H and O–H groups in total. The number of morpholine rings is 1. The van der Waals surface area contributed by atoms with Crippen molar-refractivity contribution in [3.8, 4) is 0 Å². The lowest BCUT2D eigenvalue weighted by molar-refractivity contribution is -0.121. The molecular weight excluding hydrogens is 440 g/mol. The molecule has 6 nitrogen and oxygen atoms in total. The van der Waals surface area contributed by atoms with Gasteiger partial charge in [0.15, 0.2) is 12.4 Å². The largest absolute Gasteiger partial charge is 0.441 e. The van der Waals surface area contributed by atoms with Crippen molar-refractivity contribution in [2.75, 3.05) is 46.0 Å². The molecule has 0 saturated carbocycles. The number of Topliss-reactive ketones (excluding diaryl/α,β-unsaturated/α-hetero) is 1. The number of carbonyl (C=O) groups is 2. The van der Waals surface area contributed by atoms with Crippen molar-refractivity contribution in [2.45, 2.75) is 51.0 Å². The maximum Gasteiger partial charge on any atom is 0.410 e. The van der Waals surface area contributed by atoms with Gasteiger partial charge in [0.05, 0.1) is 13.2 Å². The molecule has 2 fully saturated rings. The second-order valence-electron chi connectivity index (χ2n) is 9.65. The number of unbranched alkanes of at least 4 members (excludes halogenated alkanes) is 1. The van der Waals surface area contributed by atoms with E-state index in [2.05, 4.69) is 47.4 Å². The van der Waals surface area contributed by atoms with E-state index in [1.54, 1.807) is 4.90 Å². The number of piperidine rings is 1. The van der Waals surface area contributed by atoms with Crippen LogP contribution in [0.2, 0.25) is 0 Å². The van der Waals surface area contributed by atoms with Crippen LogP contribution < -0.4 is 0 Å². The molecule has 2 heterocycles. The molecule has 1 amide bonds. The summed E-state index contributed by atoms with van der Waals surface area (Å²) in [5.74, 6) is -0.0721. The number of rotatable bonds is 10. The van der Waals surface area contributed by atoms with Crippen LogP contribution in [0.4, 0.5) is 4.79 Å². The quantitative estimate of drug-likeness (QED) is 0.477. The standard InChI is InChI=1S/C29H38N2O4/c32-28(23-35-29(33)31-16-14-27(15-17-31)30-18-20-34-21-19-30)22-26-12-10-25(11-13-26)9-5-4-8-24-6-2-1-3-7-24/h1-3,6-7,10-13,27H,4-5,8-9,14-23H2. The van der Waals surface area contributed by atoms with Crippen molar-refractivity contribution in [3.05, 3.63) is 71.3 Å². The van der Waals surface area contributed by atoms with E-state index in [4.69, 9.17) is 9.47 Å². The number of carbonyl (C=O) groups excluding carboxylic acids is 2. The second kappa shape index (κ2) is 13.4. The molecule has 0 spiro atoms. The Morgan fingerprint density at radius 3 is 2.06 bits per heavy atom. The van der Waals surface area contributed by atoms with Gasteiger partial charge in [0.2, 0.25) is 0 Å². The number of hydrogen-bond donors (Lipinski definition) is 0. The highest BCUT2D eigenvalue weighted by Gasteiger charge is 2.28. The number of ether oxygens (including phenoxy) is 2. The first-order valence-electron chi connectivity index (χ1n) is 13.0. The summed E-state index contributed by atoms with van der Waals surface area (Å²) in [6, 6.07) is 19.3. The van der Waals surface area contributed by atoms with Gasteiger partial charge in [-0.2, -0.15) is 0 Å². The highest BCUT2D eigenvalue weighted by molar-refractivity contribution is 5.84. The summed E-state index contributed by atoms with van der Waals surface area (Å²) in [5.41, 5.74) is 3.64. The van der Waals surface area contributed by atoms with Crippen LogP contribution in [0.5, 0.6) is 0 Å². The van der Waals surface area contributed by atoms with E-state index < -0.39 is 0 Å². The van der Waals surface area contributed by atoms with E-state index in [1.165, 1.54) is 17.5 Å². The Kier molecular flexibility index (Phi) is 9.73. The van der Waals surface area contributed by atoms with Gasteiger partial charge < -0.3 is 14.4 Å². The summed E-state index contributed by atoms with van der Waals surface area (Å²) in [5, 5.41) is 0. The van der Waals surface area contributed by atoms with Crippen molar-refractivity contribution in [3.63, 3.8) is 0 Å². The fourth-order valence-electron chi connectivity index (χ4n) is 5.00. The van der Waals surface area contributed by atoms with Gasteiger partial charge in [-0.15, -0.1) is 0 Å². The Bertz CT molecular complexity index is 917. The number of amides is 1. The second-order valence-corrected chi connectivity index (χ2v) is 9.65. The van der Waals surface area contributed by atoms with Gasteiger partial charge in [-0.25, -0.2) is 4.79 Å². The summed E-state index contributed by atoms with van der Waals surface area (Å²) >= 11 is 0. The Hall–Kier alpha value is -2.70. The molecular formula is C29H38N2O4. The lowest BCUT2D eigenvalue weighted by atomic mass is 10.0. The van der Waals surface area contributed by atoms with Crippen LogP contribution in [-0.4, -0.2) is 73.7 Å². The zero-order valence-electron chi connectivity index (χ0n) is 20.7. The summed E-state index contributed by atoms with van der Waals surface area (Å²) < 4.78 is 10.8. The highest BCUT2D eigenvalue weighted by atomic mass is 16.6. The van der Waals surface area contributed by atoms with Crippen molar-refractivity contribution < 1.29 is 19.1 Å². The minimum Gasteiger partial charge on any atom is -0.441 e. The van der Waals surface area contributed by atoms with E-state index in [0.717, 1.165) is 64.0 Å². The smallest absolute Gasteiger partial charge is 0.410 e. The van der Waals surface area contributed by atoms with E-state index in [-0.39, 0.29) is 18.5 Å². The number of ketones is 1. The van der Waals surface area contributed by atoms with Gasteiger partial charge in [-0.05, 0) is 55.2 Å². The minimum absolute atomic E-state index is 0.0721. The van der Waals surface area contributed by atoms with E-state index in [1.807, 2.05) is 12.1 Å². The molecule has 35 heavy (non-hydrogen) atoms. The molecule has 0 aliphatic carbocycles. The molecule has 0 atom stereocenters. The maximum absolute atomic E-state index is 12.4. The predicted octanol–water partition coefficient (Wildman–Crippen LogP) is 4.30. The number of likely N-dealkylation sites (tertiary alicyclic amines) is 1. The molecule has 0 bridgehead atoms. The molecule has 0 radical (unpaired) electrons. The van der Waals surface area contributed by atoms with Crippen LogP contribution in [0.15, 0.2) is 54.6 Å². The number of benzene rings is 2. The summed E-state index contributed by atoms with van der Waals surface area (Å²) in [6.07, 6.45) is 6.28. The van der Waals surface area contributed by atoms with Crippen molar-refractivity contribution in [2.24, 2.45) is 0 Å². The van der Waals surface area contributed by atoms with Crippen LogP contribution in [0.1, 0.15) is 42.4 Å². The molecule has 4 rings (SSSR count). The highest BCUT2D eigenvalue weighted by Crippen LogP contribution is 2.18. The number of nitrogens with zero attached hydrogens (tertiary/aromatic N) is 2. The average molecular weight is 479 g/mol. The first kappa shape index (κ1) is 25.4. The van der Waals surface area contributed by atoms with Crippen molar-refractivity contribution in [1.82, 2.24) is 9.80 Å². The molecule has 6 heteroatoms. The molecule has 0 unspecified atom stereocenters. The van der Waals surface area contributed by atoms with Crippen molar-refractivity contribution >= 4 is 11.9 Å². The first-order valence-corrected chi connectivity index (χ1v) is 13.0. The Balaban J connectivity index is 1.10. The fraction of sp³-hybridized carbons (Fsp3) is 0.517. The topological polar surface area (TPSA) is 59.1 Å². The monoisotopic (exact) mass is 478 g/mol. The van der Waals surface area contributed by atoms with Crippen LogP contribution >= 0.6 is 0 Å². The zero-order valence-corrected chi connectivity index (χ0v) is 20.7. The summed E-state index contributed by atoms with van der Waals surface area (Å²) in [4.78, 5) is 29.0. The Morgan fingerprint density at radius 2 is 1.40 bits per heavy atom. The molecule has 2 aliphatic rings. The van der Waals surface area contributed by atoms with E-state index in [0.29, 0.717) is 25.6 Å². The van der Waals surface area contributed by atoms with Crippen LogP contribution in [0.25, 0.3) is 0 Å². The lowest BCUT2D eigenvalue weighted by Gasteiger charge is -2.39. The number of hydrogen-bond acceptors (Lipinski definition) is 5. The third kappa shape index (κ3) is 8.18. The summed E-state index contributed by atoms with van der Waals surface area (Å²) in [7, 11) is 0. The van der Waals surface area contributed by atoms with Crippen molar-refractivity contribution in [1.29, 1.82) is 0 Å². The zero-order chi connectivity index (χ0) is 24.3. The van der Waals surface area contributed by atoms with Gasteiger partial charge in [0, 0.05) is 38.6 Å². The van der Waals surface area contributed by atoms with Crippen LogP contribution in [0, 0.1) is 0 Å². The van der Waals surface area contributed by atoms with Gasteiger partial charge in [-0.3, -0.25) is 9.69 Å². The third-order valence-electron chi connectivity index (χ3n) is 7.09. The Morgan fingerprint density at radius 1 is 0.800 bits per heavy atom. The number of aryl methyl sites for hydroxylation is 2.